The molecule has 0 aromatic heterocycles. The first kappa shape index (κ1) is 13.1. The van der Waals surface area contributed by atoms with Gasteiger partial charge in [-0.15, -0.1) is 0 Å². The molecule has 0 bridgehead atoms. The lowest BCUT2D eigenvalue weighted by Crippen LogP contribution is -2.45. The summed E-state index contributed by atoms with van der Waals surface area (Å²) in [5, 5.41) is 0. The normalized spacial score (nSPS) is 25.5. The van der Waals surface area contributed by atoms with Crippen molar-refractivity contribution in [3.8, 4) is 0 Å². The molecule has 0 spiro atoms. The molecule has 2 rings (SSSR count). The molecule has 1 atom stereocenters. The van der Waals surface area contributed by atoms with E-state index in [0.717, 1.165) is 25.7 Å². The van der Waals surface area contributed by atoms with Crippen LogP contribution in [0.1, 0.15) is 46.5 Å². The van der Waals surface area contributed by atoms with Gasteiger partial charge in [-0.05, 0) is 46.5 Å². The van der Waals surface area contributed by atoms with E-state index in [1.165, 1.54) is 0 Å². The van der Waals surface area contributed by atoms with Crippen molar-refractivity contribution in [1.29, 1.82) is 0 Å². The number of hydrogen-bond donors (Lipinski definition) is 0. The van der Waals surface area contributed by atoms with Crippen LogP contribution in [0.25, 0.3) is 0 Å². The van der Waals surface area contributed by atoms with Crippen LogP contribution in [0.5, 0.6) is 0 Å². The number of amides is 1. The lowest BCUT2D eigenvalue weighted by atomic mass is 10.0. The van der Waals surface area contributed by atoms with Gasteiger partial charge in [-0.25, -0.2) is 9.59 Å². The summed E-state index contributed by atoms with van der Waals surface area (Å²) >= 11 is 0. The number of likely N-dealkylation sites (tertiary alicyclic amines) is 1. The quantitative estimate of drug-likeness (QED) is 0.559. The van der Waals surface area contributed by atoms with E-state index >= 15 is 0 Å². The van der Waals surface area contributed by atoms with Gasteiger partial charge in [0.1, 0.15) is 5.60 Å². The van der Waals surface area contributed by atoms with Gasteiger partial charge in [-0.1, -0.05) is 0 Å². The van der Waals surface area contributed by atoms with Gasteiger partial charge in [-0.3, -0.25) is 0 Å². The van der Waals surface area contributed by atoms with E-state index in [2.05, 4.69) is 4.99 Å². The number of nitrogens with zero attached hydrogens (tertiary/aromatic N) is 2. The van der Waals surface area contributed by atoms with Crippen molar-refractivity contribution in [2.75, 3.05) is 6.54 Å². The fourth-order valence-corrected chi connectivity index (χ4v) is 2.60. The molecule has 1 saturated carbocycles. The molecule has 1 aliphatic carbocycles. The molecule has 2 aliphatic rings. The highest BCUT2D eigenvalue weighted by Crippen LogP contribution is 2.48. The molecule has 18 heavy (non-hydrogen) atoms. The van der Waals surface area contributed by atoms with Crippen LogP contribution in [0.2, 0.25) is 0 Å². The van der Waals surface area contributed by atoms with E-state index in [4.69, 9.17) is 4.74 Å². The van der Waals surface area contributed by atoms with Crippen LogP contribution in [-0.2, 0) is 9.53 Å². The molecule has 1 aliphatic heterocycles. The zero-order chi connectivity index (χ0) is 13.4. The van der Waals surface area contributed by atoms with Gasteiger partial charge in [0, 0.05) is 6.54 Å². The van der Waals surface area contributed by atoms with Crippen molar-refractivity contribution < 1.29 is 14.3 Å². The van der Waals surface area contributed by atoms with Crippen molar-refractivity contribution in [1.82, 2.24) is 4.90 Å². The van der Waals surface area contributed by atoms with E-state index < -0.39 is 5.60 Å². The van der Waals surface area contributed by atoms with Crippen LogP contribution in [0.3, 0.4) is 0 Å². The standard InChI is InChI=1S/C13H20N2O3/c1-12(2,3)18-11(17)15-8-4-5-10(15)13(6-7-13)14-9-16/h10H,4-8H2,1-3H3. The summed E-state index contributed by atoms with van der Waals surface area (Å²) < 4.78 is 5.40. The molecule has 1 saturated heterocycles. The van der Waals surface area contributed by atoms with Gasteiger partial charge in [0.15, 0.2) is 0 Å². The Morgan fingerprint density at radius 3 is 2.61 bits per heavy atom. The van der Waals surface area contributed by atoms with Crippen LogP contribution in [0.4, 0.5) is 4.79 Å². The summed E-state index contributed by atoms with van der Waals surface area (Å²) in [5.74, 6) is 0. The third kappa shape index (κ3) is 2.56. The van der Waals surface area contributed by atoms with Crippen LogP contribution < -0.4 is 0 Å². The Kier molecular flexibility index (Phi) is 3.20. The van der Waals surface area contributed by atoms with Crippen molar-refractivity contribution in [2.45, 2.75) is 63.6 Å². The summed E-state index contributed by atoms with van der Waals surface area (Å²) in [5.41, 5.74) is -0.857. The number of isocyanates is 1. The third-order valence-corrected chi connectivity index (χ3v) is 3.53. The molecule has 1 heterocycles. The zero-order valence-electron chi connectivity index (χ0n) is 11.2. The number of rotatable bonds is 2. The molecule has 0 N–H and O–H groups in total. The SMILES string of the molecule is CC(C)(C)OC(=O)N1CCCC1C1(N=C=O)CC1. The van der Waals surface area contributed by atoms with Crippen LogP contribution in [0, 0.1) is 0 Å². The van der Waals surface area contributed by atoms with Gasteiger partial charge in [0.25, 0.3) is 0 Å². The predicted molar refractivity (Wildman–Crippen MR) is 66.0 cm³/mol. The summed E-state index contributed by atoms with van der Waals surface area (Å²) in [6, 6.07) is 0.00815. The first-order valence-corrected chi connectivity index (χ1v) is 6.47. The lowest BCUT2D eigenvalue weighted by molar-refractivity contribution is 0.0198. The Hall–Kier alpha value is -1.35. The fourth-order valence-electron chi connectivity index (χ4n) is 2.60. The molecule has 5 nitrogen and oxygen atoms in total. The maximum Gasteiger partial charge on any atom is 0.410 e. The van der Waals surface area contributed by atoms with Crippen LogP contribution in [-0.4, -0.2) is 40.8 Å². The second-order valence-electron chi connectivity index (χ2n) is 6.14. The second-order valence-corrected chi connectivity index (χ2v) is 6.14. The van der Waals surface area contributed by atoms with E-state index in [-0.39, 0.29) is 17.7 Å². The minimum Gasteiger partial charge on any atom is -0.444 e. The van der Waals surface area contributed by atoms with Gasteiger partial charge in [0.05, 0.1) is 11.6 Å². The Morgan fingerprint density at radius 2 is 2.11 bits per heavy atom. The average Bonchev–Trinajstić information content (AvgIpc) is 2.85. The fraction of sp³-hybridized carbons (Fsp3) is 0.846. The maximum atomic E-state index is 12.1. The van der Waals surface area contributed by atoms with Gasteiger partial charge >= 0.3 is 6.09 Å². The van der Waals surface area contributed by atoms with E-state index in [0.29, 0.717) is 6.54 Å². The Balaban J connectivity index is 2.09. The minimum atomic E-state index is -0.491. The smallest absolute Gasteiger partial charge is 0.410 e. The molecular weight excluding hydrogens is 232 g/mol. The largest absolute Gasteiger partial charge is 0.444 e. The zero-order valence-corrected chi connectivity index (χ0v) is 11.2. The van der Waals surface area contributed by atoms with Gasteiger partial charge in [0.2, 0.25) is 6.08 Å². The van der Waals surface area contributed by atoms with Crippen LogP contribution in [0.15, 0.2) is 4.99 Å². The van der Waals surface area contributed by atoms with Crippen molar-refractivity contribution in [2.24, 2.45) is 4.99 Å². The monoisotopic (exact) mass is 252 g/mol. The predicted octanol–water partition coefficient (Wildman–Crippen LogP) is 2.25. The number of carbonyl (C=O) groups is 1. The summed E-state index contributed by atoms with van der Waals surface area (Å²) in [7, 11) is 0. The Bertz CT molecular complexity index is 390. The van der Waals surface area contributed by atoms with E-state index in [1.807, 2.05) is 20.8 Å². The minimum absolute atomic E-state index is 0.00815. The average molecular weight is 252 g/mol. The topological polar surface area (TPSA) is 59.0 Å². The Labute approximate surface area is 107 Å². The highest BCUT2D eigenvalue weighted by atomic mass is 16.6. The highest BCUT2D eigenvalue weighted by molar-refractivity contribution is 5.69. The molecule has 5 heteroatoms. The summed E-state index contributed by atoms with van der Waals surface area (Å²) in [6.45, 7) is 6.25. The number of carbonyl (C=O) groups excluding carboxylic acids is 2. The Morgan fingerprint density at radius 1 is 1.44 bits per heavy atom. The summed E-state index contributed by atoms with van der Waals surface area (Å²) in [6.07, 6.45) is 4.93. The van der Waals surface area contributed by atoms with E-state index in [1.54, 1.807) is 11.0 Å². The first-order chi connectivity index (χ1) is 8.38. The summed E-state index contributed by atoms with van der Waals surface area (Å²) in [4.78, 5) is 28.3. The maximum absolute atomic E-state index is 12.1. The number of ether oxygens (including phenoxy) is 1. The molecule has 1 amide bonds. The molecule has 1 unspecified atom stereocenters. The van der Waals surface area contributed by atoms with Crippen LogP contribution >= 0.6 is 0 Å². The first-order valence-electron chi connectivity index (χ1n) is 6.47. The van der Waals surface area contributed by atoms with Crippen molar-refractivity contribution >= 4 is 12.2 Å². The van der Waals surface area contributed by atoms with Gasteiger partial charge < -0.3 is 9.64 Å². The van der Waals surface area contributed by atoms with E-state index in [9.17, 15) is 9.59 Å². The molecule has 100 valence electrons. The van der Waals surface area contributed by atoms with Crippen molar-refractivity contribution in [3.63, 3.8) is 0 Å². The molecule has 0 radical (unpaired) electrons. The van der Waals surface area contributed by atoms with Crippen molar-refractivity contribution in [3.05, 3.63) is 0 Å². The third-order valence-electron chi connectivity index (χ3n) is 3.53. The molecule has 2 fully saturated rings. The second kappa shape index (κ2) is 4.39. The molecule has 0 aromatic rings. The molecule has 0 aromatic carbocycles. The number of aliphatic imine (C=N–C) groups is 1. The van der Waals surface area contributed by atoms with Gasteiger partial charge in [-0.2, -0.15) is 4.99 Å². The molecular formula is C13H20N2O3. The number of hydrogen-bond acceptors (Lipinski definition) is 4. The highest BCUT2D eigenvalue weighted by Gasteiger charge is 2.55. The lowest BCUT2D eigenvalue weighted by Gasteiger charge is -2.31.